The van der Waals surface area contributed by atoms with E-state index < -0.39 is 0 Å². The summed E-state index contributed by atoms with van der Waals surface area (Å²) < 4.78 is 1.60. The highest BCUT2D eigenvalue weighted by Gasteiger charge is 2.09. The highest BCUT2D eigenvalue weighted by Crippen LogP contribution is 2.16. The van der Waals surface area contributed by atoms with Gasteiger partial charge >= 0.3 is 0 Å². The average Bonchev–Trinajstić information content (AvgIpc) is 2.17. The molecule has 0 saturated heterocycles. The van der Waals surface area contributed by atoms with Crippen LogP contribution in [0.4, 0.5) is 5.82 Å². The highest BCUT2D eigenvalue weighted by molar-refractivity contribution is 5.85. The summed E-state index contributed by atoms with van der Waals surface area (Å²) in [6, 6.07) is 3.20. The predicted octanol–water partition coefficient (Wildman–Crippen LogP) is 0.955. The van der Waals surface area contributed by atoms with Crippen molar-refractivity contribution in [3.63, 3.8) is 0 Å². The number of nitrogens with two attached hydrogens (primary N) is 1. The second kappa shape index (κ2) is 3.34. The number of hydrogen-bond donors (Lipinski definition) is 1. The molecular weight excluding hydrogens is 192 g/mol. The molecule has 2 N–H and O–H groups in total. The van der Waals surface area contributed by atoms with E-state index in [2.05, 4.69) is 9.97 Å². The first-order chi connectivity index (χ1) is 7.11. The maximum atomic E-state index is 11.6. The Morgan fingerprint density at radius 3 is 2.73 bits per heavy atom. The summed E-state index contributed by atoms with van der Waals surface area (Å²) >= 11 is 0. The third-order valence-electron chi connectivity index (χ3n) is 2.27. The van der Waals surface area contributed by atoms with Crippen molar-refractivity contribution in [3.8, 4) is 0 Å². The summed E-state index contributed by atoms with van der Waals surface area (Å²) in [5.74, 6) is 0.398. The first kappa shape index (κ1) is 9.64. The largest absolute Gasteiger partial charge is 0.383 e. The molecule has 0 spiro atoms. The molecule has 0 fully saturated rings. The Labute approximate surface area is 86.6 Å². The molecule has 0 atom stereocenters. The lowest BCUT2D eigenvalue weighted by Crippen LogP contribution is -2.22. The number of aromatic nitrogens is 3. The van der Waals surface area contributed by atoms with Gasteiger partial charge in [0.25, 0.3) is 5.56 Å². The van der Waals surface area contributed by atoms with Gasteiger partial charge in [-0.15, -0.1) is 0 Å². The zero-order chi connectivity index (χ0) is 11.0. The Bertz CT molecular complexity index is 559. The predicted molar refractivity (Wildman–Crippen MR) is 58.6 cm³/mol. The molecule has 0 aliphatic rings. The topological polar surface area (TPSA) is 73.8 Å². The number of anilines is 1. The molecule has 5 heteroatoms. The van der Waals surface area contributed by atoms with E-state index in [0.717, 1.165) is 0 Å². The van der Waals surface area contributed by atoms with Crippen molar-refractivity contribution in [2.75, 3.05) is 5.73 Å². The Morgan fingerprint density at radius 2 is 2.07 bits per heavy atom. The normalized spacial score (nSPS) is 11.1. The van der Waals surface area contributed by atoms with Crippen LogP contribution in [0.5, 0.6) is 0 Å². The fourth-order valence-electron chi connectivity index (χ4n) is 1.59. The van der Waals surface area contributed by atoms with Gasteiger partial charge in [-0.05, 0) is 19.9 Å². The lowest BCUT2D eigenvalue weighted by molar-refractivity contribution is 0.595. The number of rotatable bonds is 1. The van der Waals surface area contributed by atoms with Crippen LogP contribution in [0.15, 0.2) is 23.3 Å². The lowest BCUT2D eigenvalue weighted by Gasteiger charge is -2.12. The SMILES string of the molecule is CC(C)n1c(=O)ccc2c(N)ncnc21. The van der Waals surface area contributed by atoms with Gasteiger partial charge in [-0.25, -0.2) is 9.97 Å². The van der Waals surface area contributed by atoms with Crippen LogP contribution in [0, 0.1) is 0 Å². The molecule has 0 saturated carbocycles. The summed E-state index contributed by atoms with van der Waals surface area (Å²) in [4.78, 5) is 19.6. The van der Waals surface area contributed by atoms with Crippen LogP contribution < -0.4 is 11.3 Å². The first-order valence-corrected chi connectivity index (χ1v) is 4.73. The molecule has 15 heavy (non-hydrogen) atoms. The summed E-state index contributed by atoms with van der Waals surface area (Å²) in [6.45, 7) is 3.86. The molecule has 0 unspecified atom stereocenters. The van der Waals surface area contributed by atoms with Crippen molar-refractivity contribution < 1.29 is 0 Å². The van der Waals surface area contributed by atoms with Gasteiger partial charge in [-0.2, -0.15) is 0 Å². The minimum absolute atomic E-state index is 0.0514. The van der Waals surface area contributed by atoms with Crippen molar-refractivity contribution >= 4 is 16.9 Å². The number of hydrogen-bond acceptors (Lipinski definition) is 4. The quantitative estimate of drug-likeness (QED) is 0.750. The molecule has 2 aromatic rings. The van der Waals surface area contributed by atoms with Crippen LogP contribution in [-0.2, 0) is 0 Å². The molecule has 0 bridgehead atoms. The van der Waals surface area contributed by atoms with E-state index in [1.807, 2.05) is 13.8 Å². The molecule has 2 heterocycles. The molecule has 0 amide bonds. The fraction of sp³-hybridized carbons (Fsp3) is 0.300. The molecule has 0 aliphatic heterocycles. The molecule has 0 aliphatic carbocycles. The van der Waals surface area contributed by atoms with Crippen molar-refractivity contribution in [1.82, 2.24) is 14.5 Å². The summed E-state index contributed by atoms with van der Waals surface area (Å²) in [7, 11) is 0. The van der Waals surface area contributed by atoms with Crippen LogP contribution in [0.25, 0.3) is 11.0 Å². The second-order valence-electron chi connectivity index (χ2n) is 3.63. The van der Waals surface area contributed by atoms with Gasteiger partial charge in [0.15, 0.2) is 0 Å². The van der Waals surface area contributed by atoms with Crippen molar-refractivity contribution in [2.24, 2.45) is 0 Å². The minimum Gasteiger partial charge on any atom is -0.383 e. The van der Waals surface area contributed by atoms with E-state index in [9.17, 15) is 4.79 Å². The lowest BCUT2D eigenvalue weighted by atomic mass is 10.2. The number of pyridine rings is 1. The Balaban J connectivity index is 2.94. The van der Waals surface area contributed by atoms with Gasteiger partial charge in [0.2, 0.25) is 0 Å². The third kappa shape index (κ3) is 1.45. The third-order valence-corrected chi connectivity index (χ3v) is 2.27. The van der Waals surface area contributed by atoms with Crippen LogP contribution in [0.2, 0.25) is 0 Å². The standard InChI is InChI=1S/C10H12N4O/c1-6(2)14-8(15)4-3-7-9(11)12-5-13-10(7)14/h3-6H,1-2H3,(H2,11,12,13). The molecule has 2 rings (SSSR count). The van der Waals surface area contributed by atoms with E-state index in [1.165, 1.54) is 12.4 Å². The molecule has 78 valence electrons. The van der Waals surface area contributed by atoms with E-state index in [4.69, 9.17) is 5.73 Å². The van der Waals surface area contributed by atoms with Gasteiger partial charge in [-0.3, -0.25) is 9.36 Å². The molecule has 2 aromatic heterocycles. The average molecular weight is 204 g/mol. The molecule has 0 aromatic carbocycles. The van der Waals surface area contributed by atoms with E-state index in [1.54, 1.807) is 10.6 Å². The van der Waals surface area contributed by atoms with Crippen LogP contribution in [-0.4, -0.2) is 14.5 Å². The summed E-state index contributed by atoms with van der Waals surface area (Å²) in [5, 5.41) is 0.714. The minimum atomic E-state index is -0.0735. The Morgan fingerprint density at radius 1 is 1.33 bits per heavy atom. The number of nitrogen functional groups attached to an aromatic ring is 1. The van der Waals surface area contributed by atoms with Gasteiger partial charge < -0.3 is 5.73 Å². The van der Waals surface area contributed by atoms with Crippen LogP contribution >= 0.6 is 0 Å². The van der Waals surface area contributed by atoms with Gasteiger partial charge in [-0.1, -0.05) is 0 Å². The second-order valence-corrected chi connectivity index (χ2v) is 3.63. The van der Waals surface area contributed by atoms with Gasteiger partial charge in [0, 0.05) is 12.1 Å². The maximum absolute atomic E-state index is 11.6. The fourth-order valence-corrected chi connectivity index (χ4v) is 1.59. The Kier molecular flexibility index (Phi) is 2.15. The zero-order valence-corrected chi connectivity index (χ0v) is 8.64. The van der Waals surface area contributed by atoms with E-state index in [-0.39, 0.29) is 11.6 Å². The highest BCUT2D eigenvalue weighted by atomic mass is 16.1. The van der Waals surface area contributed by atoms with E-state index in [0.29, 0.717) is 16.9 Å². The monoisotopic (exact) mass is 204 g/mol. The molecule has 5 nitrogen and oxygen atoms in total. The Hall–Kier alpha value is -1.91. The van der Waals surface area contributed by atoms with E-state index >= 15 is 0 Å². The van der Waals surface area contributed by atoms with Crippen molar-refractivity contribution in [3.05, 3.63) is 28.8 Å². The summed E-state index contributed by atoms with van der Waals surface area (Å²) in [6.07, 6.45) is 1.37. The zero-order valence-electron chi connectivity index (χ0n) is 8.64. The van der Waals surface area contributed by atoms with Gasteiger partial charge in [0.05, 0.1) is 5.39 Å². The summed E-state index contributed by atoms with van der Waals surface area (Å²) in [5.41, 5.74) is 6.22. The van der Waals surface area contributed by atoms with Crippen molar-refractivity contribution in [1.29, 1.82) is 0 Å². The smallest absolute Gasteiger partial charge is 0.252 e. The van der Waals surface area contributed by atoms with Crippen molar-refractivity contribution in [2.45, 2.75) is 19.9 Å². The number of nitrogens with zero attached hydrogens (tertiary/aromatic N) is 3. The first-order valence-electron chi connectivity index (χ1n) is 4.73. The molecule has 0 radical (unpaired) electrons. The van der Waals surface area contributed by atoms with Crippen LogP contribution in [0.1, 0.15) is 19.9 Å². The maximum Gasteiger partial charge on any atom is 0.252 e. The molecular formula is C10H12N4O. The van der Waals surface area contributed by atoms with Crippen LogP contribution in [0.3, 0.4) is 0 Å². The van der Waals surface area contributed by atoms with Gasteiger partial charge in [0.1, 0.15) is 17.8 Å². The number of fused-ring (bicyclic) bond motifs is 1.